The molecule has 0 radical (unpaired) electrons. The third kappa shape index (κ3) is 4.02. The fourth-order valence-corrected chi connectivity index (χ4v) is 3.46. The first-order valence-corrected chi connectivity index (χ1v) is 8.85. The van der Waals surface area contributed by atoms with Gasteiger partial charge in [0.1, 0.15) is 5.82 Å². The van der Waals surface area contributed by atoms with Gasteiger partial charge in [-0.2, -0.15) is 0 Å². The van der Waals surface area contributed by atoms with Crippen LogP contribution in [0, 0.1) is 19.7 Å². The summed E-state index contributed by atoms with van der Waals surface area (Å²) in [6, 6.07) is 10.7. The first-order valence-electron chi connectivity index (χ1n) is 8.47. The smallest absolute Gasteiger partial charge is 0.254 e. The molecule has 0 spiro atoms. The maximum absolute atomic E-state index is 13.9. The van der Waals surface area contributed by atoms with Gasteiger partial charge < -0.3 is 4.90 Å². The standard InChI is InChI=1S/C20H22ClFN2O/c1-14-6-7-16(15(2)12-14)20(25)24-10-8-23(9-11-24)13-17-18(21)4-3-5-19(17)22/h3-7,12H,8-11,13H2,1-2H3. The van der Waals surface area contributed by atoms with Gasteiger partial charge in [0.2, 0.25) is 0 Å². The van der Waals surface area contributed by atoms with E-state index in [0.29, 0.717) is 43.3 Å². The number of benzene rings is 2. The molecule has 1 heterocycles. The Kier molecular flexibility index (Phi) is 5.40. The Morgan fingerprint density at radius 1 is 1.12 bits per heavy atom. The molecule has 1 saturated heterocycles. The fourth-order valence-electron chi connectivity index (χ4n) is 3.24. The summed E-state index contributed by atoms with van der Waals surface area (Å²) in [7, 11) is 0. The Balaban J connectivity index is 1.63. The van der Waals surface area contributed by atoms with Gasteiger partial charge in [-0.3, -0.25) is 9.69 Å². The van der Waals surface area contributed by atoms with Gasteiger partial charge in [0.15, 0.2) is 0 Å². The number of halogens is 2. The number of carbonyl (C=O) groups is 1. The van der Waals surface area contributed by atoms with Gasteiger partial charge in [-0.05, 0) is 37.6 Å². The van der Waals surface area contributed by atoms with Crippen LogP contribution >= 0.6 is 11.6 Å². The van der Waals surface area contributed by atoms with E-state index in [-0.39, 0.29) is 11.7 Å². The highest BCUT2D eigenvalue weighted by Gasteiger charge is 2.24. The molecule has 1 aliphatic heterocycles. The number of amides is 1. The molecular weight excluding hydrogens is 339 g/mol. The molecule has 1 fully saturated rings. The normalized spacial score (nSPS) is 15.4. The number of aryl methyl sites for hydroxylation is 2. The highest BCUT2D eigenvalue weighted by Crippen LogP contribution is 2.22. The molecule has 3 nitrogen and oxygen atoms in total. The van der Waals surface area contributed by atoms with E-state index in [2.05, 4.69) is 4.90 Å². The predicted molar refractivity (Wildman–Crippen MR) is 98.5 cm³/mol. The minimum Gasteiger partial charge on any atom is -0.336 e. The second-order valence-corrected chi connectivity index (χ2v) is 6.99. The number of nitrogens with zero attached hydrogens (tertiary/aromatic N) is 2. The lowest BCUT2D eigenvalue weighted by molar-refractivity contribution is 0.0626. The molecule has 5 heteroatoms. The number of hydrogen-bond acceptors (Lipinski definition) is 2. The number of piperazine rings is 1. The second kappa shape index (κ2) is 7.54. The van der Waals surface area contributed by atoms with Crippen molar-refractivity contribution in [3.05, 3.63) is 69.5 Å². The largest absolute Gasteiger partial charge is 0.336 e. The Morgan fingerprint density at radius 3 is 2.48 bits per heavy atom. The van der Waals surface area contributed by atoms with E-state index < -0.39 is 0 Å². The lowest BCUT2D eigenvalue weighted by Crippen LogP contribution is -2.48. The average molecular weight is 361 g/mol. The molecule has 1 amide bonds. The Labute approximate surface area is 153 Å². The van der Waals surface area contributed by atoms with Crippen molar-refractivity contribution in [2.24, 2.45) is 0 Å². The summed E-state index contributed by atoms with van der Waals surface area (Å²) in [5.74, 6) is -0.206. The van der Waals surface area contributed by atoms with E-state index in [1.165, 1.54) is 6.07 Å². The SMILES string of the molecule is Cc1ccc(C(=O)N2CCN(Cc3c(F)cccc3Cl)CC2)c(C)c1. The summed E-state index contributed by atoms with van der Waals surface area (Å²) in [6.07, 6.45) is 0. The summed E-state index contributed by atoms with van der Waals surface area (Å²) < 4.78 is 13.9. The van der Waals surface area contributed by atoms with Crippen LogP contribution in [0.25, 0.3) is 0 Å². The van der Waals surface area contributed by atoms with E-state index in [1.807, 2.05) is 36.9 Å². The van der Waals surface area contributed by atoms with Gasteiger partial charge in [-0.15, -0.1) is 0 Å². The van der Waals surface area contributed by atoms with Crippen molar-refractivity contribution in [3.8, 4) is 0 Å². The number of hydrogen-bond donors (Lipinski definition) is 0. The Morgan fingerprint density at radius 2 is 1.84 bits per heavy atom. The molecule has 25 heavy (non-hydrogen) atoms. The maximum atomic E-state index is 13.9. The Hall–Kier alpha value is -1.91. The van der Waals surface area contributed by atoms with Crippen LogP contribution in [-0.2, 0) is 6.54 Å². The fraction of sp³-hybridized carbons (Fsp3) is 0.350. The Bertz CT molecular complexity index is 765. The van der Waals surface area contributed by atoms with Crippen LogP contribution in [-0.4, -0.2) is 41.9 Å². The van der Waals surface area contributed by atoms with E-state index >= 15 is 0 Å². The van der Waals surface area contributed by atoms with E-state index in [1.54, 1.807) is 12.1 Å². The molecule has 132 valence electrons. The van der Waals surface area contributed by atoms with Crippen molar-refractivity contribution < 1.29 is 9.18 Å². The molecule has 0 aromatic heterocycles. The van der Waals surface area contributed by atoms with Crippen LogP contribution in [0.15, 0.2) is 36.4 Å². The first kappa shape index (κ1) is 17.9. The second-order valence-electron chi connectivity index (χ2n) is 6.59. The van der Waals surface area contributed by atoms with Crippen molar-refractivity contribution in [3.63, 3.8) is 0 Å². The van der Waals surface area contributed by atoms with Crippen molar-refractivity contribution in [1.82, 2.24) is 9.80 Å². The van der Waals surface area contributed by atoms with Gasteiger partial charge in [-0.1, -0.05) is 35.4 Å². The summed E-state index contributed by atoms with van der Waals surface area (Å²) in [5, 5.41) is 0.453. The summed E-state index contributed by atoms with van der Waals surface area (Å²) in [4.78, 5) is 16.7. The lowest BCUT2D eigenvalue weighted by atomic mass is 10.0. The highest BCUT2D eigenvalue weighted by atomic mass is 35.5. The highest BCUT2D eigenvalue weighted by molar-refractivity contribution is 6.31. The molecule has 0 unspecified atom stereocenters. The molecule has 0 aliphatic carbocycles. The van der Waals surface area contributed by atoms with E-state index in [0.717, 1.165) is 16.7 Å². The average Bonchev–Trinajstić information content (AvgIpc) is 2.58. The third-order valence-corrected chi connectivity index (χ3v) is 5.07. The molecule has 1 aliphatic rings. The minimum absolute atomic E-state index is 0.0704. The van der Waals surface area contributed by atoms with E-state index in [9.17, 15) is 9.18 Å². The zero-order valence-corrected chi connectivity index (χ0v) is 15.3. The summed E-state index contributed by atoms with van der Waals surface area (Å²) >= 11 is 6.11. The van der Waals surface area contributed by atoms with Crippen LogP contribution < -0.4 is 0 Å². The van der Waals surface area contributed by atoms with Gasteiger partial charge in [0.25, 0.3) is 5.91 Å². The third-order valence-electron chi connectivity index (χ3n) is 4.72. The molecule has 0 atom stereocenters. The van der Waals surface area contributed by atoms with Crippen LogP contribution in [0.5, 0.6) is 0 Å². The van der Waals surface area contributed by atoms with Crippen LogP contribution in [0.4, 0.5) is 4.39 Å². The molecule has 0 N–H and O–H groups in total. The van der Waals surface area contributed by atoms with Crippen LogP contribution in [0.2, 0.25) is 5.02 Å². The molecule has 2 aromatic carbocycles. The van der Waals surface area contributed by atoms with Gasteiger partial charge in [0.05, 0.1) is 0 Å². The molecule has 0 bridgehead atoms. The monoisotopic (exact) mass is 360 g/mol. The first-order chi connectivity index (χ1) is 12.0. The summed E-state index contributed by atoms with van der Waals surface area (Å²) in [6.45, 7) is 7.15. The summed E-state index contributed by atoms with van der Waals surface area (Å²) in [5.41, 5.74) is 3.45. The maximum Gasteiger partial charge on any atom is 0.254 e. The molecule has 0 saturated carbocycles. The number of carbonyl (C=O) groups excluding carboxylic acids is 1. The lowest BCUT2D eigenvalue weighted by Gasteiger charge is -2.35. The van der Waals surface area contributed by atoms with Gasteiger partial charge >= 0.3 is 0 Å². The predicted octanol–water partition coefficient (Wildman–Crippen LogP) is 4.05. The molecule has 2 aromatic rings. The molecule has 3 rings (SSSR count). The van der Waals surface area contributed by atoms with Gasteiger partial charge in [0, 0.05) is 48.9 Å². The topological polar surface area (TPSA) is 23.6 Å². The van der Waals surface area contributed by atoms with Crippen molar-refractivity contribution >= 4 is 17.5 Å². The molecular formula is C20H22ClFN2O. The van der Waals surface area contributed by atoms with E-state index in [4.69, 9.17) is 11.6 Å². The quantitative estimate of drug-likeness (QED) is 0.824. The zero-order valence-electron chi connectivity index (χ0n) is 14.6. The number of rotatable bonds is 3. The zero-order chi connectivity index (χ0) is 18.0. The van der Waals surface area contributed by atoms with Gasteiger partial charge in [-0.25, -0.2) is 4.39 Å². The van der Waals surface area contributed by atoms with Crippen molar-refractivity contribution in [2.45, 2.75) is 20.4 Å². The van der Waals surface area contributed by atoms with Crippen molar-refractivity contribution in [1.29, 1.82) is 0 Å². The van der Waals surface area contributed by atoms with Crippen LogP contribution in [0.1, 0.15) is 27.0 Å². The minimum atomic E-state index is -0.277. The van der Waals surface area contributed by atoms with Crippen molar-refractivity contribution in [2.75, 3.05) is 26.2 Å². The van der Waals surface area contributed by atoms with Crippen LogP contribution in [0.3, 0.4) is 0 Å².